The fourth-order valence-corrected chi connectivity index (χ4v) is 1.38. The molecule has 0 spiro atoms. The predicted molar refractivity (Wildman–Crippen MR) is 53.6 cm³/mol. The molecule has 80 valence electrons. The van der Waals surface area contributed by atoms with Crippen molar-refractivity contribution in [2.45, 2.75) is 32.0 Å². The lowest BCUT2D eigenvalue weighted by molar-refractivity contribution is -0.0101. The number of aromatic carboxylic acids is 1. The topological polar surface area (TPSA) is 59.4 Å². The first-order valence-electron chi connectivity index (χ1n) is 5.05. The number of nitrogens with zero attached hydrogens (tertiary/aromatic N) is 1. The molecule has 1 heterocycles. The van der Waals surface area contributed by atoms with E-state index in [4.69, 9.17) is 9.84 Å². The highest BCUT2D eigenvalue weighted by Gasteiger charge is 2.17. The standard InChI is InChI=1S/C11H13NO3/c13-11(14)8-4-5-9(12-6-8)7-15-10-2-1-3-10/h4-6,10H,1-3,7H2,(H,13,14). The first kappa shape index (κ1) is 10.1. The van der Waals surface area contributed by atoms with Crippen LogP contribution in [-0.4, -0.2) is 22.2 Å². The molecule has 4 heteroatoms. The van der Waals surface area contributed by atoms with E-state index in [-0.39, 0.29) is 5.56 Å². The maximum absolute atomic E-state index is 10.6. The second-order valence-corrected chi connectivity index (χ2v) is 3.71. The minimum Gasteiger partial charge on any atom is -0.478 e. The maximum Gasteiger partial charge on any atom is 0.337 e. The Bertz CT molecular complexity index is 343. The summed E-state index contributed by atoms with van der Waals surface area (Å²) in [4.78, 5) is 14.6. The summed E-state index contributed by atoms with van der Waals surface area (Å²) in [5.74, 6) is -0.950. The van der Waals surface area contributed by atoms with Gasteiger partial charge in [-0.2, -0.15) is 0 Å². The van der Waals surface area contributed by atoms with Gasteiger partial charge in [0, 0.05) is 6.20 Å². The summed E-state index contributed by atoms with van der Waals surface area (Å²) in [6, 6.07) is 3.25. The quantitative estimate of drug-likeness (QED) is 0.818. The average molecular weight is 207 g/mol. The van der Waals surface area contributed by atoms with E-state index in [1.54, 1.807) is 12.1 Å². The number of hydrogen-bond donors (Lipinski definition) is 1. The van der Waals surface area contributed by atoms with Crippen LogP contribution in [0, 0.1) is 0 Å². The molecule has 0 radical (unpaired) electrons. The number of carboxylic acid groups (broad SMARTS) is 1. The van der Waals surface area contributed by atoms with Crippen LogP contribution in [0.1, 0.15) is 35.3 Å². The zero-order valence-electron chi connectivity index (χ0n) is 8.35. The maximum atomic E-state index is 10.6. The van der Waals surface area contributed by atoms with Crippen LogP contribution < -0.4 is 0 Å². The Morgan fingerprint density at radius 2 is 2.33 bits per heavy atom. The van der Waals surface area contributed by atoms with Gasteiger partial charge in [0.25, 0.3) is 0 Å². The first-order valence-corrected chi connectivity index (χ1v) is 5.05. The molecule has 0 saturated heterocycles. The van der Waals surface area contributed by atoms with Gasteiger partial charge in [0.05, 0.1) is 24.0 Å². The van der Waals surface area contributed by atoms with Crippen LogP contribution in [0.3, 0.4) is 0 Å². The van der Waals surface area contributed by atoms with Gasteiger partial charge in [-0.15, -0.1) is 0 Å². The fourth-order valence-electron chi connectivity index (χ4n) is 1.38. The van der Waals surface area contributed by atoms with Crippen LogP contribution in [0.4, 0.5) is 0 Å². The highest BCUT2D eigenvalue weighted by molar-refractivity contribution is 5.87. The third-order valence-electron chi connectivity index (χ3n) is 2.59. The molecule has 0 aromatic carbocycles. The van der Waals surface area contributed by atoms with Crippen molar-refractivity contribution in [2.24, 2.45) is 0 Å². The molecule has 0 aliphatic heterocycles. The fraction of sp³-hybridized carbons (Fsp3) is 0.455. The summed E-state index contributed by atoms with van der Waals surface area (Å²) in [5.41, 5.74) is 0.995. The highest BCUT2D eigenvalue weighted by atomic mass is 16.5. The summed E-state index contributed by atoms with van der Waals surface area (Å²) < 4.78 is 5.55. The van der Waals surface area contributed by atoms with Gasteiger partial charge < -0.3 is 9.84 Å². The number of carbonyl (C=O) groups is 1. The van der Waals surface area contributed by atoms with Crippen molar-refractivity contribution in [3.63, 3.8) is 0 Å². The lowest BCUT2D eigenvalue weighted by Gasteiger charge is -2.25. The van der Waals surface area contributed by atoms with Crippen molar-refractivity contribution < 1.29 is 14.6 Å². The highest BCUT2D eigenvalue weighted by Crippen LogP contribution is 2.22. The van der Waals surface area contributed by atoms with Crippen molar-refractivity contribution in [3.8, 4) is 0 Å². The first-order chi connectivity index (χ1) is 7.25. The van der Waals surface area contributed by atoms with E-state index in [0.717, 1.165) is 18.5 Å². The van der Waals surface area contributed by atoms with E-state index in [9.17, 15) is 4.79 Å². The Labute approximate surface area is 87.9 Å². The predicted octanol–water partition coefficient (Wildman–Crippen LogP) is 1.85. The molecule has 4 nitrogen and oxygen atoms in total. The molecule has 0 amide bonds. The molecule has 15 heavy (non-hydrogen) atoms. The number of carboxylic acids is 1. The van der Waals surface area contributed by atoms with Gasteiger partial charge in [-0.05, 0) is 31.4 Å². The molecule has 1 N–H and O–H groups in total. The minimum absolute atomic E-state index is 0.211. The van der Waals surface area contributed by atoms with E-state index in [1.807, 2.05) is 0 Å². The Hall–Kier alpha value is -1.42. The monoisotopic (exact) mass is 207 g/mol. The van der Waals surface area contributed by atoms with E-state index >= 15 is 0 Å². The SMILES string of the molecule is O=C(O)c1ccc(COC2CCC2)nc1. The van der Waals surface area contributed by atoms with Crippen LogP contribution in [0.5, 0.6) is 0 Å². The lowest BCUT2D eigenvalue weighted by Crippen LogP contribution is -2.21. The number of rotatable bonds is 4. The van der Waals surface area contributed by atoms with E-state index < -0.39 is 5.97 Å². The second kappa shape index (κ2) is 4.40. The average Bonchev–Trinajstić information content (AvgIpc) is 2.16. The summed E-state index contributed by atoms with van der Waals surface area (Å²) in [5, 5.41) is 8.67. The zero-order chi connectivity index (χ0) is 10.7. The van der Waals surface area contributed by atoms with Crippen molar-refractivity contribution in [2.75, 3.05) is 0 Å². The molecule has 0 unspecified atom stereocenters. The van der Waals surface area contributed by atoms with Gasteiger partial charge in [0.15, 0.2) is 0 Å². The number of ether oxygens (including phenoxy) is 1. The Kier molecular flexibility index (Phi) is 2.97. The van der Waals surface area contributed by atoms with Crippen molar-refractivity contribution in [3.05, 3.63) is 29.6 Å². The molecule has 1 saturated carbocycles. The minimum atomic E-state index is -0.950. The van der Waals surface area contributed by atoms with Gasteiger partial charge in [-0.1, -0.05) is 0 Å². The summed E-state index contributed by atoms with van der Waals surface area (Å²) in [6.45, 7) is 0.477. The molecule has 0 bridgehead atoms. The van der Waals surface area contributed by atoms with Gasteiger partial charge >= 0.3 is 5.97 Å². The lowest BCUT2D eigenvalue weighted by atomic mass is 9.96. The Morgan fingerprint density at radius 3 is 2.80 bits per heavy atom. The third-order valence-corrected chi connectivity index (χ3v) is 2.59. The van der Waals surface area contributed by atoms with Crippen molar-refractivity contribution in [1.82, 2.24) is 4.98 Å². The van der Waals surface area contributed by atoms with Crippen LogP contribution in [0.25, 0.3) is 0 Å². The van der Waals surface area contributed by atoms with Crippen molar-refractivity contribution >= 4 is 5.97 Å². The molecule has 2 rings (SSSR count). The third kappa shape index (κ3) is 2.53. The molecule has 1 aromatic rings. The number of aromatic nitrogens is 1. The number of pyridine rings is 1. The largest absolute Gasteiger partial charge is 0.478 e. The van der Waals surface area contributed by atoms with Crippen LogP contribution in [-0.2, 0) is 11.3 Å². The van der Waals surface area contributed by atoms with Crippen molar-refractivity contribution in [1.29, 1.82) is 0 Å². The van der Waals surface area contributed by atoms with Crippen LogP contribution >= 0.6 is 0 Å². The Balaban J connectivity index is 1.88. The number of hydrogen-bond acceptors (Lipinski definition) is 3. The van der Waals surface area contributed by atoms with Crippen LogP contribution in [0.15, 0.2) is 18.3 Å². The van der Waals surface area contributed by atoms with E-state index in [1.165, 1.54) is 12.6 Å². The van der Waals surface area contributed by atoms with Gasteiger partial charge in [-0.3, -0.25) is 4.98 Å². The van der Waals surface area contributed by atoms with E-state index in [2.05, 4.69) is 4.98 Å². The molecule has 1 aromatic heterocycles. The smallest absolute Gasteiger partial charge is 0.337 e. The summed E-state index contributed by atoms with van der Waals surface area (Å²) in [7, 11) is 0. The van der Waals surface area contributed by atoms with Crippen LogP contribution in [0.2, 0.25) is 0 Å². The zero-order valence-corrected chi connectivity index (χ0v) is 8.35. The molecular formula is C11H13NO3. The molecule has 0 atom stereocenters. The van der Waals surface area contributed by atoms with Gasteiger partial charge in [0.2, 0.25) is 0 Å². The molecule has 1 fully saturated rings. The van der Waals surface area contributed by atoms with Gasteiger partial charge in [-0.25, -0.2) is 4.79 Å². The Morgan fingerprint density at radius 1 is 1.53 bits per heavy atom. The van der Waals surface area contributed by atoms with E-state index in [0.29, 0.717) is 12.7 Å². The molecule has 1 aliphatic rings. The molecular weight excluding hydrogens is 194 g/mol. The summed E-state index contributed by atoms with van der Waals surface area (Å²) >= 11 is 0. The van der Waals surface area contributed by atoms with Gasteiger partial charge in [0.1, 0.15) is 0 Å². The summed E-state index contributed by atoms with van der Waals surface area (Å²) in [6.07, 6.45) is 5.25. The second-order valence-electron chi connectivity index (χ2n) is 3.71. The molecule has 1 aliphatic carbocycles. The normalized spacial score (nSPS) is 16.0.